The van der Waals surface area contributed by atoms with Crippen LogP contribution in [-0.2, 0) is 9.47 Å². The van der Waals surface area contributed by atoms with Crippen molar-refractivity contribution in [2.24, 2.45) is 0 Å². The predicted molar refractivity (Wildman–Crippen MR) is 79.9 cm³/mol. The Morgan fingerprint density at radius 1 is 1.52 bits per heavy atom. The first-order valence-electron chi connectivity index (χ1n) is 7.06. The number of carbonyl (C=O) groups excluding carboxylic acids is 1. The highest BCUT2D eigenvalue weighted by atomic mass is 32.2. The van der Waals surface area contributed by atoms with Crippen molar-refractivity contribution in [3.8, 4) is 0 Å². The lowest BCUT2D eigenvalue weighted by molar-refractivity contribution is -0.106. The molecule has 2 unspecified atom stereocenters. The number of halogens is 1. The van der Waals surface area contributed by atoms with Gasteiger partial charge in [-0.2, -0.15) is 11.8 Å². The van der Waals surface area contributed by atoms with E-state index < -0.39 is 11.8 Å². The molecule has 21 heavy (non-hydrogen) atoms. The molecule has 1 aromatic rings. The van der Waals surface area contributed by atoms with Crippen molar-refractivity contribution in [3.05, 3.63) is 29.6 Å². The first-order valence-corrected chi connectivity index (χ1v) is 8.21. The van der Waals surface area contributed by atoms with E-state index in [-0.39, 0.29) is 23.0 Å². The molecule has 4 nitrogen and oxygen atoms in total. The van der Waals surface area contributed by atoms with Crippen LogP contribution in [0.4, 0.5) is 10.1 Å². The summed E-state index contributed by atoms with van der Waals surface area (Å²) in [5, 5.41) is 0. The second-order valence-electron chi connectivity index (χ2n) is 5.59. The number of esters is 1. The van der Waals surface area contributed by atoms with E-state index >= 15 is 0 Å². The molecule has 2 atom stereocenters. The number of carbonyl (C=O) groups is 1. The second-order valence-corrected chi connectivity index (χ2v) is 6.70. The van der Waals surface area contributed by atoms with Crippen LogP contribution in [0.15, 0.2) is 18.2 Å². The summed E-state index contributed by atoms with van der Waals surface area (Å²) in [5.74, 6) is 0.947. The topological polar surface area (TPSA) is 61.6 Å². The van der Waals surface area contributed by atoms with Gasteiger partial charge < -0.3 is 15.2 Å². The summed E-state index contributed by atoms with van der Waals surface area (Å²) >= 11 is 1.87. The third-order valence-electron chi connectivity index (χ3n) is 4.02. The molecule has 0 aromatic heterocycles. The van der Waals surface area contributed by atoms with E-state index in [0.29, 0.717) is 13.0 Å². The number of anilines is 1. The Labute approximate surface area is 127 Å². The standard InChI is InChI=1S/C15H18FNO3S/c16-12-7-10(1-2-13(12)17)14(18)20-11-3-5-19-15(8-11)4-6-21-9-15/h1-2,7,11H,3-6,8-9,17H2. The molecule has 2 aliphatic rings. The van der Waals surface area contributed by atoms with E-state index in [4.69, 9.17) is 15.2 Å². The molecule has 0 bridgehead atoms. The minimum Gasteiger partial charge on any atom is -0.459 e. The second kappa shape index (κ2) is 5.85. The zero-order valence-corrected chi connectivity index (χ0v) is 12.5. The number of hydrogen-bond donors (Lipinski definition) is 1. The largest absolute Gasteiger partial charge is 0.459 e. The molecule has 2 saturated heterocycles. The van der Waals surface area contributed by atoms with Gasteiger partial charge in [-0.25, -0.2) is 9.18 Å². The Kier molecular flexibility index (Phi) is 4.08. The van der Waals surface area contributed by atoms with Gasteiger partial charge in [-0.3, -0.25) is 0 Å². The smallest absolute Gasteiger partial charge is 0.338 e. The fourth-order valence-corrected chi connectivity index (χ4v) is 4.20. The highest BCUT2D eigenvalue weighted by Crippen LogP contribution is 2.39. The van der Waals surface area contributed by atoms with Gasteiger partial charge in [0.25, 0.3) is 0 Å². The van der Waals surface area contributed by atoms with Gasteiger partial charge in [0.1, 0.15) is 11.9 Å². The summed E-state index contributed by atoms with van der Waals surface area (Å²) in [6, 6.07) is 3.99. The van der Waals surface area contributed by atoms with Crippen LogP contribution in [0.3, 0.4) is 0 Å². The Balaban J connectivity index is 1.65. The maximum absolute atomic E-state index is 13.4. The van der Waals surface area contributed by atoms with Gasteiger partial charge >= 0.3 is 5.97 Å². The molecule has 0 radical (unpaired) electrons. The van der Waals surface area contributed by atoms with Crippen LogP contribution < -0.4 is 5.73 Å². The van der Waals surface area contributed by atoms with Crippen LogP contribution in [0.2, 0.25) is 0 Å². The molecule has 6 heteroatoms. The van der Waals surface area contributed by atoms with E-state index in [2.05, 4.69) is 0 Å². The lowest BCUT2D eigenvalue weighted by Gasteiger charge is -2.37. The lowest BCUT2D eigenvalue weighted by Crippen LogP contribution is -2.43. The van der Waals surface area contributed by atoms with Crippen LogP contribution in [0.1, 0.15) is 29.6 Å². The minimum atomic E-state index is -0.597. The number of nitrogen functional groups attached to an aromatic ring is 1. The fraction of sp³-hybridized carbons (Fsp3) is 0.533. The summed E-state index contributed by atoms with van der Waals surface area (Å²) in [5.41, 5.74) is 5.49. The summed E-state index contributed by atoms with van der Waals surface area (Å²) in [6.07, 6.45) is 2.26. The molecule has 2 fully saturated rings. The van der Waals surface area contributed by atoms with E-state index in [1.54, 1.807) is 0 Å². The Bertz CT molecular complexity index is 546. The van der Waals surface area contributed by atoms with Crippen molar-refractivity contribution in [2.75, 3.05) is 23.8 Å². The van der Waals surface area contributed by atoms with Crippen LogP contribution in [-0.4, -0.2) is 35.8 Å². The minimum absolute atomic E-state index is 0.0274. The number of hydrogen-bond acceptors (Lipinski definition) is 5. The van der Waals surface area contributed by atoms with Gasteiger partial charge in [-0.05, 0) is 30.4 Å². The first kappa shape index (κ1) is 14.7. The maximum Gasteiger partial charge on any atom is 0.338 e. The van der Waals surface area contributed by atoms with Gasteiger partial charge in [0.15, 0.2) is 0 Å². The number of nitrogens with two attached hydrogens (primary N) is 1. The quantitative estimate of drug-likeness (QED) is 0.672. The van der Waals surface area contributed by atoms with Crippen molar-refractivity contribution >= 4 is 23.4 Å². The van der Waals surface area contributed by atoms with Crippen molar-refractivity contribution in [2.45, 2.75) is 31.0 Å². The maximum atomic E-state index is 13.4. The lowest BCUT2D eigenvalue weighted by atomic mass is 9.91. The molecule has 2 N–H and O–H groups in total. The summed E-state index contributed by atoms with van der Waals surface area (Å²) < 4.78 is 24.8. The zero-order chi connectivity index (χ0) is 14.9. The van der Waals surface area contributed by atoms with Crippen molar-refractivity contribution in [1.29, 1.82) is 0 Å². The van der Waals surface area contributed by atoms with Gasteiger partial charge in [0.2, 0.25) is 0 Å². The van der Waals surface area contributed by atoms with Crippen LogP contribution in [0.5, 0.6) is 0 Å². The first-order chi connectivity index (χ1) is 10.1. The Morgan fingerprint density at radius 3 is 3.10 bits per heavy atom. The number of rotatable bonds is 2. The van der Waals surface area contributed by atoms with Gasteiger partial charge in [0.05, 0.1) is 23.5 Å². The molecular weight excluding hydrogens is 293 g/mol. The Morgan fingerprint density at radius 2 is 2.38 bits per heavy atom. The molecule has 2 aliphatic heterocycles. The molecule has 0 saturated carbocycles. The molecular formula is C15H18FNO3S. The molecule has 0 amide bonds. The third kappa shape index (κ3) is 3.16. The molecule has 3 rings (SSSR count). The van der Waals surface area contributed by atoms with E-state index in [1.165, 1.54) is 12.1 Å². The monoisotopic (exact) mass is 311 g/mol. The fourth-order valence-electron chi connectivity index (χ4n) is 2.82. The number of thioether (sulfide) groups is 1. The average molecular weight is 311 g/mol. The van der Waals surface area contributed by atoms with E-state index in [0.717, 1.165) is 30.4 Å². The summed E-state index contributed by atoms with van der Waals surface area (Å²) in [4.78, 5) is 12.1. The molecule has 114 valence electrons. The third-order valence-corrected chi connectivity index (χ3v) is 5.25. The van der Waals surface area contributed by atoms with Crippen molar-refractivity contribution < 1.29 is 18.7 Å². The predicted octanol–water partition coefficient (Wildman–Crippen LogP) is 2.62. The van der Waals surface area contributed by atoms with E-state index in [9.17, 15) is 9.18 Å². The highest BCUT2D eigenvalue weighted by molar-refractivity contribution is 7.99. The SMILES string of the molecule is Nc1ccc(C(=O)OC2CCOC3(CCSC3)C2)cc1F. The summed E-state index contributed by atoms with van der Waals surface area (Å²) in [6.45, 7) is 0.606. The Hall–Kier alpha value is -1.27. The highest BCUT2D eigenvalue weighted by Gasteiger charge is 2.41. The average Bonchev–Trinajstić information content (AvgIpc) is 2.89. The molecule has 2 heterocycles. The van der Waals surface area contributed by atoms with Crippen LogP contribution in [0.25, 0.3) is 0 Å². The number of benzene rings is 1. The molecule has 1 spiro atoms. The molecule has 0 aliphatic carbocycles. The van der Waals surface area contributed by atoms with Gasteiger partial charge in [0, 0.05) is 18.6 Å². The van der Waals surface area contributed by atoms with Crippen molar-refractivity contribution in [3.63, 3.8) is 0 Å². The summed E-state index contributed by atoms with van der Waals surface area (Å²) in [7, 11) is 0. The van der Waals surface area contributed by atoms with E-state index in [1.807, 2.05) is 11.8 Å². The van der Waals surface area contributed by atoms with Gasteiger partial charge in [-0.15, -0.1) is 0 Å². The zero-order valence-electron chi connectivity index (χ0n) is 11.6. The van der Waals surface area contributed by atoms with Crippen LogP contribution in [0, 0.1) is 5.82 Å². The number of ether oxygens (including phenoxy) is 2. The van der Waals surface area contributed by atoms with Crippen molar-refractivity contribution in [1.82, 2.24) is 0 Å². The van der Waals surface area contributed by atoms with Gasteiger partial charge in [-0.1, -0.05) is 0 Å². The molecule has 1 aromatic carbocycles. The normalized spacial score (nSPS) is 28.7. The van der Waals surface area contributed by atoms with Crippen LogP contribution >= 0.6 is 11.8 Å².